The van der Waals surface area contributed by atoms with Crippen molar-refractivity contribution in [3.05, 3.63) is 170 Å². The third kappa shape index (κ3) is 3.63. The lowest BCUT2D eigenvalue weighted by Gasteiger charge is -2.39. The molecule has 5 heteroatoms. The zero-order valence-electron chi connectivity index (χ0n) is 25.4. The average molecular weight is 712 g/mol. The minimum absolute atomic E-state index is 0.109. The van der Waals surface area contributed by atoms with Gasteiger partial charge in [0.15, 0.2) is 5.78 Å². The van der Waals surface area contributed by atoms with Crippen molar-refractivity contribution in [1.29, 1.82) is 0 Å². The molecule has 1 saturated carbocycles. The number of nitrogens with zero attached hydrogens (tertiary/aromatic N) is 1. The lowest BCUT2D eigenvalue weighted by atomic mass is 9.59. The van der Waals surface area contributed by atoms with Crippen molar-refractivity contribution < 1.29 is 14.4 Å². The predicted molar refractivity (Wildman–Crippen MR) is 189 cm³/mol. The van der Waals surface area contributed by atoms with E-state index in [0.717, 1.165) is 48.1 Å². The molecule has 3 aliphatic rings. The smallest absolute Gasteiger partial charge is 0.239 e. The first-order chi connectivity index (χ1) is 22.3. The van der Waals surface area contributed by atoms with Gasteiger partial charge in [-0.3, -0.25) is 14.4 Å². The van der Waals surface area contributed by atoms with E-state index in [9.17, 15) is 0 Å². The first-order valence-corrected chi connectivity index (χ1v) is 16.6. The standard InChI is InChI=1S/C41H30INO3/c1-25-17-21-27(22-18-25)33-34(28-23-19-26(2)20-24-28)41(30-13-7-4-8-14-30)36-35(40(33,39(41)46)29-11-5-3-6-12-29)37(44)43(38(36)45)32-16-10-9-15-31(32)42/h3-24,35-36H,1-2H3/t35-,36-,40-,41-/m1/s1. The van der Waals surface area contributed by atoms with Gasteiger partial charge in [-0.2, -0.15) is 0 Å². The van der Waals surface area contributed by atoms with Gasteiger partial charge in [0.2, 0.25) is 11.8 Å². The van der Waals surface area contributed by atoms with Gasteiger partial charge >= 0.3 is 0 Å². The number of benzene rings is 5. The molecule has 46 heavy (non-hydrogen) atoms. The van der Waals surface area contributed by atoms with Crippen LogP contribution in [0, 0.1) is 29.3 Å². The Balaban J connectivity index is 1.57. The molecule has 0 unspecified atom stereocenters. The van der Waals surface area contributed by atoms with E-state index in [1.54, 1.807) is 0 Å². The highest BCUT2D eigenvalue weighted by Gasteiger charge is 2.82. The molecule has 4 atom stereocenters. The molecular weight excluding hydrogens is 681 g/mol. The predicted octanol–water partition coefficient (Wildman–Crippen LogP) is 8.10. The fourth-order valence-corrected chi connectivity index (χ4v) is 9.06. The maximum Gasteiger partial charge on any atom is 0.239 e. The summed E-state index contributed by atoms with van der Waals surface area (Å²) in [6.45, 7) is 4.08. The number of carbonyl (C=O) groups is 3. The van der Waals surface area contributed by atoms with Crippen molar-refractivity contribution in [3.63, 3.8) is 0 Å². The summed E-state index contributed by atoms with van der Waals surface area (Å²) in [5, 5.41) is 0. The number of hydrogen-bond donors (Lipinski definition) is 0. The maximum absolute atomic E-state index is 16.0. The summed E-state index contributed by atoms with van der Waals surface area (Å²) >= 11 is 2.18. The van der Waals surface area contributed by atoms with Gasteiger partial charge in [-0.05, 0) is 82.0 Å². The molecule has 1 heterocycles. The Morgan fingerprint density at radius 2 is 0.913 bits per heavy atom. The summed E-state index contributed by atoms with van der Waals surface area (Å²) in [5.74, 6) is -2.64. The van der Waals surface area contributed by atoms with Crippen molar-refractivity contribution in [2.75, 3.05) is 4.90 Å². The first-order valence-electron chi connectivity index (χ1n) is 15.5. The average Bonchev–Trinajstić information content (AvgIpc) is 3.59. The third-order valence-corrected chi connectivity index (χ3v) is 11.1. The van der Waals surface area contributed by atoms with Crippen LogP contribution in [-0.2, 0) is 25.2 Å². The lowest BCUT2D eigenvalue weighted by molar-refractivity contribution is -0.130. The number of rotatable bonds is 5. The number of hydrogen-bond acceptors (Lipinski definition) is 3. The monoisotopic (exact) mass is 711 g/mol. The van der Waals surface area contributed by atoms with Crippen LogP contribution < -0.4 is 4.90 Å². The fraction of sp³-hybridized carbons (Fsp3) is 0.146. The Hall–Kier alpha value is -4.62. The Morgan fingerprint density at radius 1 is 0.522 bits per heavy atom. The van der Waals surface area contributed by atoms with Crippen molar-refractivity contribution in [3.8, 4) is 0 Å². The van der Waals surface area contributed by atoms with Crippen LogP contribution in [0.1, 0.15) is 33.4 Å². The molecule has 0 radical (unpaired) electrons. The van der Waals surface area contributed by atoms with Gasteiger partial charge in [0.05, 0.1) is 28.4 Å². The van der Waals surface area contributed by atoms with E-state index in [-0.39, 0.29) is 17.6 Å². The molecule has 0 N–H and O–H groups in total. The van der Waals surface area contributed by atoms with E-state index in [4.69, 9.17) is 0 Å². The van der Waals surface area contributed by atoms with Crippen LogP contribution in [-0.4, -0.2) is 17.6 Å². The molecule has 0 spiro atoms. The van der Waals surface area contributed by atoms with E-state index < -0.39 is 22.7 Å². The van der Waals surface area contributed by atoms with Crippen LogP contribution >= 0.6 is 22.6 Å². The number of Topliss-reactive ketones (excluding diaryl/α,β-unsaturated/α-hetero) is 1. The molecule has 5 aromatic carbocycles. The van der Waals surface area contributed by atoms with Gasteiger partial charge in [-0.1, -0.05) is 132 Å². The van der Waals surface area contributed by atoms with E-state index >= 15 is 14.4 Å². The van der Waals surface area contributed by atoms with E-state index in [0.29, 0.717) is 5.69 Å². The second kappa shape index (κ2) is 10.5. The minimum Gasteiger partial charge on any atom is -0.297 e. The number of carbonyl (C=O) groups excluding carboxylic acids is 3. The Kier molecular flexibility index (Phi) is 6.55. The van der Waals surface area contributed by atoms with Gasteiger partial charge in [-0.15, -0.1) is 0 Å². The topological polar surface area (TPSA) is 54.5 Å². The van der Waals surface area contributed by atoms with Crippen molar-refractivity contribution >= 4 is 57.0 Å². The van der Waals surface area contributed by atoms with Crippen LogP contribution in [0.2, 0.25) is 0 Å². The van der Waals surface area contributed by atoms with E-state index in [1.165, 1.54) is 4.90 Å². The zero-order valence-corrected chi connectivity index (χ0v) is 27.6. The SMILES string of the molecule is Cc1ccc(C2=C(c3ccc(C)cc3)[C@@]3(c4ccccc4)C(=O)[C@@]2(c2ccccc2)[C@H]2C(=O)N(c4ccccc4I)C(=O)[C@@H]23)cc1. The van der Waals surface area contributed by atoms with Crippen LogP contribution in [0.5, 0.6) is 0 Å². The lowest BCUT2D eigenvalue weighted by Crippen LogP contribution is -2.45. The van der Waals surface area contributed by atoms with Crippen LogP contribution in [0.3, 0.4) is 0 Å². The molecule has 224 valence electrons. The Bertz CT molecular complexity index is 1960. The molecule has 2 fully saturated rings. The fourth-order valence-electron chi connectivity index (χ4n) is 8.44. The maximum atomic E-state index is 16.0. The van der Waals surface area contributed by atoms with E-state index in [1.807, 2.05) is 98.8 Å². The molecule has 2 aliphatic carbocycles. The largest absolute Gasteiger partial charge is 0.297 e. The molecule has 0 aromatic heterocycles. The number of aryl methyl sites for hydroxylation is 2. The van der Waals surface area contributed by atoms with Gasteiger partial charge < -0.3 is 0 Å². The highest BCUT2D eigenvalue weighted by molar-refractivity contribution is 14.1. The number of anilines is 1. The number of allylic oxidation sites excluding steroid dienone is 2. The van der Waals surface area contributed by atoms with Gasteiger partial charge in [0, 0.05) is 3.57 Å². The van der Waals surface area contributed by atoms with Crippen LogP contribution in [0.25, 0.3) is 11.1 Å². The second-order valence-electron chi connectivity index (χ2n) is 12.6. The summed E-state index contributed by atoms with van der Waals surface area (Å²) in [6.07, 6.45) is 0. The normalized spacial score (nSPS) is 25.0. The number of halogens is 1. The van der Waals surface area contributed by atoms with Gasteiger partial charge in [-0.25, -0.2) is 4.90 Å². The molecule has 2 amide bonds. The first kappa shape index (κ1) is 28.8. The summed E-state index contributed by atoms with van der Waals surface area (Å²) in [4.78, 5) is 47.5. The molecule has 5 aromatic rings. The summed E-state index contributed by atoms with van der Waals surface area (Å²) in [5.41, 5.74) is 4.77. The molecular formula is C41H30INO3. The van der Waals surface area contributed by atoms with Crippen molar-refractivity contribution in [1.82, 2.24) is 0 Å². The Labute approximate surface area is 281 Å². The number of ketones is 1. The van der Waals surface area contributed by atoms with Crippen molar-refractivity contribution in [2.24, 2.45) is 11.8 Å². The second-order valence-corrected chi connectivity index (χ2v) is 13.7. The molecule has 2 bridgehead atoms. The minimum atomic E-state index is -1.40. The summed E-state index contributed by atoms with van der Waals surface area (Å²) < 4.78 is 0.799. The summed E-state index contributed by atoms with van der Waals surface area (Å²) in [6, 6.07) is 43.3. The number of imide groups is 1. The molecule has 1 aliphatic heterocycles. The molecule has 1 saturated heterocycles. The highest BCUT2D eigenvalue weighted by Crippen LogP contribution is 2.74. The quantitative estimate of drug-likeness (QED) is 0.137. The molecule has 4 nitrogen and oxygen atoms in total. The van der Waals surface area contributed by atoms with Gasteiger partial charge in [0.1, 0.15) is 0 Å². The van der Waals surface area contributed by atoms with E-state index in [2.05, 4.69) is 71.1 Å². The van der Waals surface area contributed by atoms with Crippen LogP contribution in [0.15, 0.2) is 133 Å². The van der Waals surface area contributed by atoms with Gasteiger partial charge in [0.25, 0.3) is 0 Å². The number of fused-ring (bicyclic) bond motifs is 5. The summed E-state index contributed by atoms with van der Waals surface area (Å²) in [7, 11) is 0. The third-order valence-electron chi connectivity index (χ3n) is 10.2. The van der Waals surface area contributed by atoms with Crippen LogP contribution in [0.4, 0.5) is 5.69 Å². The molecule has 8 rings (SSSR count). The zero-order chi connectivity index (χ0) is 31.8. The number of para-hydroxylation sites is 1. The van der Waals surface area contributed by atoms with Crippen molar-refractivity contribution in [2.45, 2.75) is 24.7 Å². The number of amides is 2. The Morgan fingerprint density at radius 3 is 1.33 bits per heavy atom. The highest BCUT2D eigenvalue weighted by atomic mass is 127.